The Balaban J connectivity index is 1.85. The van der Waals surface area contributed by atoms with Crippen LogP contribution in [0.3, 0.4) is 0 Å². The van der Waals surface area contributed by atoms with Crippen molar-refractivity contribution in [3.05, 3.63) is 11.6 Å². The third-order valence-corrected chi connectivity index (χ3v) is 3.43. The van der Waals surface area contributed by atoms with Crippen molar-refractivity contribution in [3.63, 3.8) is 0 Å². The minimum atomic E-state index is -0.0823. The number of nitrogens with two attached hydrogens (primary N) is 1. The van der Waals surface area contributed by atoms with Gasteiger partial charge in [0.05, 0.1) is 5.92 Å². The highest BCUT2D eigenvalue weighted by Crippen LogP contribution is 2.40. The number of nitrogens with one attached hydrogen (secondary N) is 1. The molecule has 0 spiro atoms. The third kappa shape index (κ3) is 1.49. The number of hydrazine groups is 1. The predicted octanol–water partition coefficient (Wildman–Crippen LogP) is -0.292. The van der Waals surface area contributed by atoms with Crippen LogP contribution in [0.4, 0.5) is 0 Å². The lowest BCUT2D eigenvalue weighted by Crippen LogP contribution is -2.39. The fourth-order valence-electron chi connectivity index (χ4n) is 2.32. The zero-order valence-electron chi connectivity index (χ0n) is 9.02. The highest BCUT2D eigenvalue weighted by atomic mass is 16.2. The Labute approximate surface area is 93.2 Å². The Hall–Kier alpha value is -1.43. The van der Waals surface area contributed by atoms with Gasteiger partial charge < -0.3 is 4.57 Å². The van der Waals surface area contributed by atoms with Crippen molar-refractivity contribution >= 4 is 5.91 Å². The van der Waals surface area contributed by atoms with Gasteiger partial charge in [-0.3, -0.25) is 10.2 Å². The molecule has 3 rings (SSSR count). The molecule has 16 heavy (non-hydrogen) atoms. The second kappa shape index (κ2) is 3.55. The molecule has 1 aliphatic carbocycles. The van der Waals surface area contributed by atoms with Gasteiger partial charge in [0.15, 0.2) is 0 Å². The quantitative estimate of drug-likeness (QED) is 0.408. The average molecular weight is 221 g/mol. The molecule has 2 heterocycles. The summed E-state index contributed by atoms with van der Waals surface area (Å²) < 4.78 is 2.11. The number of rotatable bonds is 2. The molecule has 1 aromatic heterocycles. The molecular formula is C10H15N5O. The molecule has 6 nitrogen and oxygen atoms in total. The first-order chi connectivity index (χ1) is 7.79. The molecule has 1 saturated carbocycles. The van der Waals surface area contributed by atoms with Gasteiger partial charge >= 0.3 is 0 Å². The monoisotopic (exact) mass is 221 g/mol. The summed E-state index contributed by atoms with van der Waals surface area (Å²) >= 11 is 0. The van der Waals surface area contributed by atoms with Crippen molar-refractivity contribution in [3.8, 4) is 0 Å². The fourth-order valence-corrected chi connectivity index (χ4v) is 2.32. The molecule has 3 N–H and O–H groups in total. The van der Waals surface area contributed by atoms with Gasteiger partial charge in [0.2, 0.25) is 5.91 Å². The zero-order valence-corrected chi connectivity index (χ0v) is 9.02. The minimum Gasteiger partial charge on any atom is -0.314 e. The number of amides is 1. The van der Waals surface area contributed by atoms with Crippen molar-refractivity contribution in [1.82, 2.24) is 20.2 Å². The smallest absolute Gasteiger partial charge is 0.238 e. The third-order valence-electron chi connectivity index (χ3n) is 3.43. The van der Waals surface area contributed by atoms with Crippen LogP contribution >= 0.6 is 0 Å². The number of nitrogens with zero attached hydrogens (tertiary/aromatic N) is 3. The lowest BCUT2D eigenvalue weighted by Gasteiger charge is -2.22. The highest BCUT2D eigenvalue weighted by Gasteiger charge is 2.34. The summed E-state index contributed by atoms with van der Waals surface area (Å²) in [5.74, 6) is 7.70. The maximum Gasteiger partial charge on any atom is 0.238 e. The van der Waals surface area contributed by atoms with E-state index in [0.717, 1.165) is 24.5 Å². The van der Waals surface area contributed by atoms with Gasteiger partial charge in [-0.2, -0.15) is 0 Å². The van der Waals surface area contributed by atoms with Gasteiger partial charge in [-0.25, -0.2) is 5.84 Å². The number of carbonyl (C=O) groups is 1. The molecule has 6 heteroatoms. The Morgan fingerprint density at radius 1 is 1.38 bits per heavy atom. The average Bonchev–Trinajstić information content (AvgIpc) is 3.08. The van der Waals surface area contributed by atoms with Crippen LogP contribution in [0.25, 0.3) is 0 Å². The Kier molecular flexibility index (Phi) is 2.17. The Bertz CT molecular complexity index is 423. The van der Waals surface area contributed by atoms with E-state index in [1.54, 1.807) is 0 Å². The van der Waals surface area contributed by atoms with E-state index in [-0.39, 0.29) is 11.8 Å². The van der Waals surface area contributed by atoms with E-state index in [1.165, 1.54) is 12.8 Å². The molecule has 0 saturated heterocycles. The molecule has 1 fully saturated rings. The topological polar surface area (TPSA) is 85.8 Å². The molecule has 1 unspecified atom stereocenters. The van der Waals surface area contributed by atoms with E-state index in [1.807, 2.05) is 0 Å². The summed E-state index contributed by atoms with van der Waals surface area (Å²) in [6, 6.07) is 0. The van der Waals surface area contributed by atoms with Crippen LogP contribution in [-0.4, -0.2) is 20.7 Å². The second-order valence-corrected chi connectivity index (χ2v) is 4.60. The van der Waals surface area contributed by atoms with Gasteiger partial charge in [-0.05, 0) is 19.3 Å². The van der Waals surface area contributed by atoms with Crippen molar-refractivity contribution in [2.24, 2.45) is 11.8 Å². The molecule has 0 bridgehead atoms. The van der Waals surface area contributed by atoms with Crippen LogP contribution < -0.4 is 11.3 Å². The summed E-state index contributed by atoms with van der Waals surface area (Å²) in [5.41, 5.74) is 2.23. The number of aryl methyl sites for hydroxylation is 1. The summed E-state index contributed by atoms with van der Waals surface area (Å²) in [6.07, 6.45) is 4.03. The van der Waals surface area contributed by atoms with Crippen LogP contribution in [0.1, 0.15) is 36.8 Å². The molecule has 0 radical (unpaired) electrons. The number of hydrogen-bond donors (Lipinski definition) is 2. The Morgan fingerprint density at radius 3 is 2.88 bits per heavy atom. The largest absolute Gasteiger partial charge is 0.314 e. The SMILES string of the molecule is NNC(=O)C1CCc2nnc(C3CC3)n2C1. The highest BCUT2D eigenvalue weighted by molar-refractivity contribution is 5.78. The van der Waals surface area contributed by atoms with Crippen LogP contribution in [0.15, 0.2) is 0 Å². The van der Waals surface area contributed by atoms with Crippen LogP contribution in [0.5, 0.6) is 0 Å². The molecule has 1 aromatic rings. The maximum atomic E-state index is 11.5. The van der Waals surface area contributed by atoms with E-state index in [2.05, 4.69) is 20.2 Å². The van der Waals surface area contributed by atoms with Crippen molar-refractivity contribution < 1.29 is 4.79 Å². The minimum absolute atomic E-state index is 0.0361. The second-order valence-electron chi connectivity index (χ2n) is 4.60. The molecule has 0 aromatic carbocycles. The lowest BCUT2D eigenvalue weighted by molar-refractivity contribution is -0.126. The molecule has 1 amide bonds. The summed E-state index contributed by atoms with van der Waals surface area (Å²) in [5, 5.41) is 8.42. The van der Waals surface area contributed by atoms with Crippen molar-refractivity contribution in [2.75, 3.05) is 0 Å². The molecule has 86 valence electrons. The van der Waals surface area contributed by atoms with Gasteiger partial charge in [-0.1, -0.05) is 0 Å². The van der Waals surface area contributed by atoms with Crippen LogP contribution in [0.2, 0.25) is 0 Å². The van der Waals surface area contributed by atoms with Crippen molar-refractivity contribution in [2.45, 2.75) is 38.1 Å². The number of aromatic nitrogens is 3. The normalized spacial score (nSPS) is 23.9. The summed E-state index contributed by atoms with van der Waals surface area (Å²) in [6.45, 7) is 0.678. The summed E-state index contributed by atoms with van der Waals surface area (Å²) in [7, 11) is 0. The molecular weight excluding hydrogens is 206 g/mol. The molecule has 2 aliphatic rings. The van der Waals surface area contributed by atoms with E-state index in [0.29, 0.717) is 12.5 Å². The van der Waals surface area contributed by atoms with Crippen LogP contribution in [0, 0.1) is 5.92 Å². The van der Waals surface area contributed by atoms with E-state index < -0.39 is 0 Å². The first-order valence-corrected chi connectivity index (χ1v) is 5.72. The zero-order chi connectivity index (χ0) is 11.1. The molecule has 1 atom stereocenters. The predicted molar refractivity (Wildman–Crippen MR) is 56.1 cm³/mol. The first-order valence-electron chi connectivity index (χ1n) is 5.72. The Morgan fingerprint density at radius 2 is 2.19 bits per heavy atom. The maximum absolute atomic E-state index is 11.5. The standard InChI is InChI=1S/C10H15N5O/c11-12-10(16)7-3-4-8-13-14-9(6-1-2-6)15(8)5-7/h6-7H,1-5,11H2,(H,12,16). The number of carbonyl (C=O) groups excluding carboxylic acids is 1. The molecule has 1 aliphatic heterocycles. The first kappa shape index (κ1) is 9.77. The van der Waals surface area contributed by atoms with Gasteiger partial charge in [-0.15, -0.1) is 10.2 Å². The van der Waals surface area contributed by atoms with Gasteiger partial charge in [0, 0.05) is 18.9 Å². The fraction of sp³-hybridized carbons (Fsp3) is 0.700. The van der Waals surface area contributed by atoms with Gasteiger partial charge in [0.1, 0.15) is 11.6 Å². The van der Waals surface area contributed by atoms with Gasteiger partial charge in [0.25, 0.3) is 0 Å². The van der Waals surface area contributed by atoms with E-state index in [9.17, 15) is 4.79 Å². The lowest BCUT2D eigenvalue weighted by atomic mass is 9.98. The van der Waals surface area contributed by atoms with Crippen LogP contribution in [-0.2, 0) is 17.8 Å². The van der Waals surface area contributed by atoms with Crippen molar-refractivity contribution in [1.29, 1.82) is 0 Å². The van der Waals surface area contributed by atoms with E-state index in [4.69, 9.17) is 5.84 Å². The number of hydrogen-bond acceptors (Lipinski definition) is 4. The van der Waals surface area contributed by atoms with E-state index >= 15 is 0 Å². The number of fused-ring (bicyclic) bond motifs is 1. The summed E-state index contributed by atoms with van der Waals surface area (Å²) in [4.78, 5) is 11.5.